The number of hydrogen-bond acceptors (Lipinski definition) is 5. The Balaban J connectivity index is 1.63. The summed E-state index contributed by atoms with van der Waals surface area (Å²) in [4.78, 5) is 31.3. The first-order chi connectivity index (χ1) is 12.5. The van der Waals surface area contributed by atoms with Crippen molar-refractivity contribution in [2.45, 2.75) is 13.3 Å². The second-order valence-corrected chi connectivity index (χ2v) is 6.90. The van der Waals surface area contributed by atoms with E-state index in [1.54, 1.807) is 36.3 Å². The van der Waals surface area contributed by atoms with Crippen LogP contribution in [0.15, 0.2) is 53.3 Å². The molecule has 0 aliphatic carbocycles. The molecule has 0 saturated carbocycles. The van der Waals surface area contributed by atoms with Crippen molar-refractivity contribution in [2.24, 2.45) is 0 Å². The summed E-state index contributed by atoms with van der Waals surface area (Å²) in [6.07, 6.45) is 3.88. The second-order valence-electron chi connectivity index (χ2n) is 5.85. The van der Waals surface area contributed by atoms with E-state index in [0.717, 1.165) is 11.3 Å². The van der Waals surface area contributed by atoms with Crippen LogP contribution in [0.2, 0.25) is 0 Å². The Labute approximate surface area is 155 Å². The molecule has 0 bridgehead atoms. The molecule has 2 amide bonds. The molecular formula is C19H19N3O3S. The summed E-state index contributed by atoms with van der Waals surface area (Å²) in [6, 6.07) is 10.8. The Kier molecular flexibility index (Phi) is 5.48. The fourth-order valence-corrected chi connectivity index (χ4v) is 3.50. The molecule has 0 atom stereocenters. The highest BCUT2D eigenvalue weighted by molar-refractivity contribution is 7.18. The summed E-state index contributed by atoms with van der Waals surface area (Å²) in [5.74, 6) is -0.169. The Hall–Kier alpha value is -2.93. The number of anilines is 1. The van der Waals surface area contributed by atoms with Crippen molar-refractivity contribution in [3.63, 3.8) is 0 Å². The number of aromatic nitrogens is 1. The molecule has 0 aliphatic rings. The standard InChI is InChI=1S/C19H19N3O3S/c1-13-12-16(21-18(23)15-7-5-11-25-15)26-17(13)19(24)22(2)10-8-14-6-3-4-9-20-14/h3-7,9,11-12H,8,10H2,1-2H3,(H,21,23). The molecule has 0 spiro atoms. The van der Waals surface area contributed by atoms with Gasteiger partial charge in [0.25, 0.3) is 11.8 Å². The maximum atomic E-state index is 12.7. The van der Waals surface area contributed by atoms with Gasteiger partial charge in [0, 0.05) is 31.9 Å². The summed E-state index contributed by atoms with van der Waals surface area (Å²) in [7, 11) is 1.77. The van der Waals surface area contributed by atoms with Crippen LogP contribution < -0.4 is 5.32 Å². The first-order valence-corrected chi connectivity index (χ1v) is 8.97. The van der Waals surface area contributed by atoms with Gasteiger partial charge in [0.05, 0.1) is 16.1 Å². The van der Waals surface area contributed by atoms with Crippen molar-refractivity contribution in [2.75, 3.05) is 18.9 Å². The molecule has 0 fully saturated rings. The Bertz CT molecular complexity index is 888. The number of amides is 2. The van der Waals surface area contributed by atoms with E-state index in [4.69, 9.17) is 4.42 Å². The first-order valence-electron chi connectivity index (χ1n) is 8.15. The zero-order valence-electron chi connectivity index (χ0n) is 14.6. The van der Waals surface area contributed by atoms with Crippen molar-refractivity contribution in [1.82, 2.24) is 9.88 Å². The number of rotatable bonds is 6. The van der Waals surface area contributed by atoms with Crippen LogP contribution in [0.3, 0.4) is 0 Å². The predicted molar refractivity (Wildman–Crippen MR) is 101 cm³/mol. The molecule has 3 aromatic rings. The number of carbonyl (C=O) groups excluding carboxylic acids is 2. The molecule has 6 nitrogen and oxygen atoms in total. The molecule has 3 rings (SSSR count). The molecule has 3 aromatic heterocycles. The van der Waals surface area contributed by atoms with Gasteiger partial charge in [-0.1, -0.05) is 6.07 Å². The van der Waals surface area contributed by atoms with Crippen molar-refractivity contribution in [1.29, 1.82) is 0 Å². The van der Waals surface area contributed by atoms with Crippen LogP contribution in [0.25, 0.3) is 0 Å². The molecule has 0 aromatic carbocycles. The average Bonchev–Trinajstić information content (AvgIpc) is 3.30. The SMILES string of the molecule is Cc1cc(NC(=O)c2ccco2)sc1C(=O)N(C)CCc1ccccn1. The smallest absolute Gasteiger partial charge is 0.291 e. The monoisotopic (exact) mass is 369 g/mol. The fourth-order valence-electron chi connectivity index (χ4n) is 2.44. The zero-order chi connectivity index (χ0) is 18.5. The second kappa shape index (κ2) is 7.97. The highest BCUT2D eigenvalue weighted by Crippen LogP contribution is 2.28. The maximum Gasteiger partial charge on any atom is 0.291 e. The summed E-state index contributed by atoms with van der Waals surface area (Å²) in [5, 5.41) is 3.38. The lowest BCUT2D eigenvalue weighted by atomic mass is 10.2. The van der Waals surface area contributed by atoms with Crippen molar-refractivity contribution >= 4 is 28.2 Å². The summed E-state index contributed by atoms with van der Waals surface area (Å²) >= 11 is 1.26. The van der Waals surface area contributed by atoms with Gasteiger partial charge in [0.2, 0.25) is 0 Å². The Morgan fingerprint density at radius 3 is 2.81 bits per heavy atom. The number of nitrogens with zero attached hydrogens (tertiary/aromatic N) is 2. The van der Waals surface area contributed by atoms with E-state index >= 15 is 0 Å². The van der Waals surface area contributed by atoms with Gasteiger partial charge >= 0.3 is 0 Å². The minimum atomic E-state index is -0.334. The lowest BCUT2D eigenvalue weighted by Gasteiger charge is -2.16. The van der Waals surface area contributed by atoms with Crippen LogP contribution in [0, 0.1) is 6.92 Å². The van der Waals surface area contributed by atoms with Crippen LogP contribution in [0.1, 0.15) is 31.5 Å². The molecule has 26 heavy (non-hydrogen) atoms. The Morgan fingerprint density at radius 1 is 1.27 bits per heavy atom. The highest BCUT2D eigenvalue weighted by atomic mass is 32.1. The van der Waals surface area contributed by atoms with E-state index in [1.807, 2.05) is 25.1 Å². The molecular weight excluding hydrogens is 350 g/mol. The van der Waals surface area contributed by atoms with Crippen LogP contribution in [-0.4, -0.2) is 35.3 Å². The molecule has 134 valence electrons. The van der Waals surface area contributed by atoms with Crippen LogP contribution >= 0.6 is 11.3 Å². The third-order valence-electron chi connectivity index (χ3n) is 3.87. The van der Waals surface area contributed by atoms with Crippen LogP contribution in [0.5, 0.6) is 0 Å². The van der Waals surface area contributed by atoms with Crippen LogP contribution in [-0.2, 0) is 6.42 Å². The van der Waals surface area contributed by atoms with E-state index in [-0.39, 0.29) is 17.6 Å². The number of pyridine rings is 1. The largest absolute Gasteiger partial charge is 0.459 e. The van der Waals surface area contributed by atoms with Crippen molar-refractivity contribution in [3.8, 4) is 0 Å². The molecule has 3 heterocycles. The number of carbonyl (C=O) groups is 2. The average molecular weight is 369 g/mol. The predicted octanol–water partition coefficient (Wildman–Crippen LogP) is 3.61. The molecule has 7 heteroatoms. The summed E-state index contributed by atoms with van der Waals surface area (Å²) in [6.45, 7) is 2.43. The minimum Gasteiger partial charge on any atom is -0.459 e. The topological polar surface area (TPSA) is 75.4 Å². The fraction of sp³-hybridized carbons (Fsp3) is 0.211. The molecule has 0 aliphatic heterocycles. The number of nitrogens with one attached hydrogen (secondary N) is 1. The van der Waals surface area contributed by atoms with E-state index < -0.39 is 0 Å². The van der Waals surface area contributed by atoms with Gasteiger partial charge in [-0.25, -0.2) is 0 Å². The van der Waals surface area contributed by atoms with Gasteiger partial charge in [0.15, 0.2) is 5.76 Å². The summed E-state index contributed by atoms with van der Waals surface area (Å²) < 4.78 is 5.08. The minimum absolute atomic E-state index is 0.0677. The number of thiophene rings is 1. The quantitative estimate of drug-likeness (QED) is 0.720. The maximum absolute atomic E-state index is 12.7. The zero-order valence-corrected chi connectivity index (χ0v) is 15.4. The number of hydrogen-bond donors (Lipinski definition) is 1. The van der Waals surface area contributed by atoms with Gasteiger partial charge in [0.1, 0.15) is 0 Å². The van der Waals surface area contributed by atoms with Crippen molar-refractivity contribution in [3.05, 3.63) is 70.8 Å². The lowest BCUT2D eigenvalue weighted by molar-refractivity contribution is 0.0800. The third-order valence-corrected chi connectivity index (χ3v) is 5.01. The van der Waals surface area contributed by atoms with E-state index in [0.29, 0.717) is 22.8 Å². The van der Waals surface area contributed by atoms with E-state index in [2.05, 4.69) is 10.3 Å². The van der Waals surface area contributed by atoms with E-state index in [1.165, 1.54) is 17.6 Å². The molecule has 0 radical (unpaired) electrons. The Morgan fingerprint density at radius 2 is 2.12 bits per heavy atom. The van der Waals surface area contributed by atoms with Crippen molar-refractivity contribution < 1.29 is 14.0 Å². The summed E-state index contributed by atoms with van der Waals surface area (Å²) in [5.41, 5.74) is 1.78. The number of furan rings is 1. The molecule has 0 saturated heterocycles. The van der Waals surface area contributed by atoms with Gasteiger partial charge in [-0.3, -0.25) is 14.6 Å². The lowest BCUT2D eigenvalue weighted by Crippen LogP contribution is -2.28. The van der Waals surface area contributed by atoms with Gasteiger partial charge in [-0.2, -0.15) is 0 Å². The van der Waals surface area contributed by atoms with Crippen LogP contribution in [0.4, 0.5) is 5.00 Å². The molecule has 0 unspecified atom stereocenters. The molecule has 1 N–H and O–H groups in total. The van der Waals surface area contributed by atoms with Gasteiger partial charge in [-0.05, 0) is 42.8 Å². The number of likely N-dealkylation sites (N-methyl/N-ethyl adjacent to an activating group) is 1. The number of aryl methyl sites for hydroxylation is 1. The highest BCUT2D eigenvalue weighted by Gasteiger charge is 2.19. The first kappa shape index (κ1) is 17.9. The van der Waals surface area contributed by atoms with E-state index in [9.17, 15) is 9.59 Å². The van der Waals surface area contributed by atoms with Gasteiger partial charge in [-0.15, -0.1) is 11.3 Å². The normalized spacial score (nSPS) is 10.5. The van der Waals surface area contributed by atoms with Gasteiger partial charge < -0.3 is 14.6 Å². The third kappa shape index (κ3) is 4.18.